The van der Waals surface area contributed by atoms with E-state index in [1.807, 2.05) is 0 Å². The van der Waals surface area contributed by atoms with Gasteiger partial charge in [0.2, 0.25) is 0 Å². The second kappa shape index (κ2) is 6.05. The van der Waals surface area contributed by atoms with Crippen molar-refractivity contribution in [1.82, 2.24) is 15.2 Å². The lowest BCUT2D eigenvalue weighted by molar-refractivity contribution is -0.384. The second-order valence-electron chi connectivity index (χ2n) is 5.03. The molecule has 3 aromatic rings. The molecule has 0 amide bonds. The average molecular weight is 329 g/mol. The van der Waals surface area contributed by atoms with Crippen LogP contribution >= 0.6 is 0 Å². The number of nitro benzene ring substituents is 1. The number of nitrogens with one attached hydrogen (secondary N) is 1. The molecule has 3 rings (SSSR count). The number of H-pyrrole nitrogens is 1. The van der Waals surface area contributed by atoms with E-state index in [0.717, 1.165) is 0 Å². The van der Waals surface area contributed by atoms with Gasteiger partial charge in [0, 0.05) is 12.1 Å². The predicted molar refractivity (Wildman–Crippen MR) is 82.6 cm³/mol. The number of non-ortho nitro benzene ring substituents is 1. The van der Waals surface area contributed by atoms with Crippen LogP contribution in [-0.2, 0) is 0 Å². The summed E-state index contributed by atoms with van der Waals surface area (Å²) in [5.41, 5.74) is 6.57. The van der Waals surface area contributed by atoms with Gasteiger partial charge in [0.25, 0.3) is 5.69 Å². The molecule has 24 heavy (non-hydrogen) atoms. The number of hydrogen-bond acceptors (Lipinski definition) is 6. The average Bonchev–Trinajstić information content (AvgIpc) is 3.05. The molecule has 0 radical (unpaired) electrons. The maximum atomic E-state index is 13.0. The number of phenolic OH excluding ortho intramolecular Hbond substituents is 1. The molecule has 4 N–H and O–H groups in total. The molecule has 1 aromatic heterocycles. The molecule has 0 aliphatic rings. The van der Waals surface area contributed by atoms with Crippen LogP contribution in [0.25, 0.3) is 11.4 Å². The molecule has 0 spiro atoms. The molecule has 0 bridgehead atoms. The largest absolute Gasteiger partial charge is 0.507 e. The molecule has 1 atom stereocenters. The number of aromatic amines is 1. The number of nitrogens with two attached hydrogens (primary N) is 1. The fraction of sp³-hybridized carbons (Fsp3) is 0.0667. The molecule has 0 saturated carbocycles. The minimum atomic E-state index is -0.687. The molecule has 0 aliphatic carbocycles. The third-order valence-corrected chi connectivity index (χ3v) is 3.46. The van der Waals surface area contributed by atoms with Gasteiger partial charge in [0.1, 0.15) is 17.4 Å². The van der Waals surface area contributed by atoms with Gasteiger partial charge in [-0.05, 0) is 23.8 Å². The summed E-state index contributed by atoms with van der Waals surface area (Å²) in [6, 6.07) is 8.46. The third kappa shape index (κ3) is 2.92. The summed E-state index contributed by atoms with van der Waals surface area (Å²) in [6.07, 6.45) is 0. The van der Waals surface area contributed by atoms with Crippen LogP contribution in [0.1, 0.15) is 17.4 Å². The minimum Gasteiger partial charge on any atom is -0.507 e. The molecule has 0 saturated heterocycles. The van der Waals surface area contributed by atoms with Crippen LogP contribution in [0, 0.1) is 15.9 Å². The van der Waals surface area contributed by atoms with E-state index in [0.29, 0.717) is 5.56 Å². The number of phenols is 1. The van der Waals surface area contributed by atoms with Crippen molar-refractivity contribution in [3.05, 3.63) is 69.8 Å². The van der Waals surface area contributed by atoms with Gasteiger partial charge in [-0.2, -0.15) is 5.10 Å². The quantitative estimate of drug-likeness (QED) is 0.497. The first-order valence-corrected chi connectivity index (χ1v) is 6.87. The van der Waals surface area contributed by atoms with Crippen molar-refractivity contribution >= 4 is 5.69 Å². The molecule has 9 heteroatoms. The smallest absolute Gasteiger partial charge is 0.270 e. The molecule has 0 fully saturated rings. The van der Waals surface area contributed by atoms with Crippen molar-refractivity contribution < 1.29 is 14.4 Å². The Morgan fingerprint density at radius 2 is 1.96 bits per heavy atom. The van der Waals surface area contributed by atoms with Gasteiger partial charge < -0.3 is 10.8 Å². The summed E-state index contributed by atoms with van der Waals surface area (Å²) in [4.78, 5) is 14.4. The highest BCUT2D eigenvalue weighted by molar-refractivity contribution is 5.66. The van der Waals surface area contributed by atoms with E-state index in [9.17, 15) is 19.6 Å². The van der Waals surface area contributed by atoms with E-state index in [2.05, 4.69) is 15.2 Å². The normalized spacial score (nSPS) is 12.1. The number of nitro groups is 1. The Balaban J connectivity index is 1.94. The van der Waals surface area contributed by atoms with Crippen LogP contribution in [0.4, 0.5) is 10.1 Å². The van der Waals surface area contributed by atoms with Gasteiger partial charge >= 0.3 is 0 Å². The van der Waals surface area contributed by atoms with Crippen LogP contribution in [0.3, 0.4) is 0 Å². The fourth-order valence-corrected chi connectivity index (χ4v) is 2.18. The Morgan fingerprint density at radius 3 is 2.62 bits per heavy atom. The third-order valence-electron chi connectivity index (χ3n) is 3.46. The van der Waals surface area contributed by atoms with Crippen LogP contribution in [0.15, 0.2) is 42.5 Å². The van der Waals surface area contributed by atoms with Crippen molar-refractivity contribution in [1.29, 1.82) is 0 Å². The maximum absolute atomic E-state index is 13.0. The van der Waals surface area contributed by atoms with E-state index in [-0.39, 0.29) is 34.5 Å². The van der Waals surface area contributed by atoms with Gasteiger partial charge in [-0.1, -0.05) is 12.1 Å². The zero-order valence-corrected chi connectivity index (χ0v) is 12.2. The topological polar surface area (TPSA) is 131 Å². The minimum absolute atomic E-state index is 0.0729. The van der Waals surface area contributed by atoms with Crippen LogP contribution in [0.5, 0.6) is 5.75 Å². The summed E-state index contributed by atoms with van der Waals surface area (Å²) >= 11 is 0. The molecule has 8 nitrogen and oxygen atoms in total. The number of hydrogen-bond donors (Lipinski definition) is 3. The summed E-state index contributed by atoms with van der Waals surface area (Å²) in [6.45, 7) is 0. The molecule has 2 aromatic carbocycles. The summed E-state index contributed by atoms with van der Waals surface area (Å²) in [5, 5.41) is 27.3. The van der Waals surface area contributed by atoms with Crippen molar-refractivity contribution in [2.75, 3.05) is 0 Å². The Bertz CT molecular complexity index is 894. The molecule has 0 aliphatic heterocycles. The van der Waals surface area contributed by atoms with Crippen molar-refractivity contribution in [3.8, 4) is 17.1 Å². The lowest BCUT2D eigenvalue weighted by atomic mass is 10.1. The van der Waals surface area contributed by atoms with Gasteiger partial charge in [-0.15, -0.1) is 0 Å². The fourth-order valence-electron chi connectivity index (χ4n) is 2.18. The first-order chi connectivity index (χ1) is 11.5. The molecular weight excluding hydrogens is 317 g/mol. The highest BCUT2D eigenvalue weighted by atomic mass is 19.1. The Hall–Kier alpha value is -3.33. The monoisotopic (exact) mass is 329 g/mol. The highest BCUT2D eigenvalue weighted by Crippen LogP contribution is 2.31. The van der Waals surface area contributed by atoms with E-state index in [1.165, 1.54) is 42.5 Å². The van der Waals surface area contributed by atoms with E-state index in [4.69, 9.17) is 5.73 Å². The number of rotatable bonds is 4. The summed E-state index contributed by atoms with van der Waals surface area (Å²) < 4.78 is 13.0. The predicted octanol–water partition coefficient (Wildman–Crippen LogP) is 2.27. The van der Waals surface area contributed by atoms with Crippen LogP contribution in [-0.4, -0.2) is 25.2 Å². The number of halogens is 1. The second-order valence-corrected chi connectivity index (χ2v) is 5.03. The number of nitrogens with zero attached hydrogens (tertiary/aromatic N) is 3. The number of aromatic hydroxyl groups is 1. The van der Waals surface area contributed by atoms with Crippen LogP contribution in [0.2, 0.25) is 0 Å². The summed E-state index contributed by atoms with van der Waals surface area (Å²) in [5.74, 6) is -0.224. The van der Waals surface area contributed by atoms with Gasteiger partial charge in [0.15, 0.2) is 5.82 Å². The van der Waals surface area contributed by atoms with Gasteiger partial charge in [-0.25, -0.2) is 9.37 Å². The zero-order valence-electron chi connectivity index (χ0n) is 12.2. The maximum Gasteiger partial charge on any atom is 0.270 e. The lowest BCUT2D eigenvalue weighted by Gasteiger charge is -2.08. The molecule has 0 unspecified atom stereocenters. The van der Waals surface area contributed by atoms with Gasteiger partial charge in [0.05, 0.1) is 16.5 Å². The first-order valence-electron chi connectivity index (χ1n) is 6.87. The standard InChI is InChI=1S/C15H12FN5O3/c16-9-3-1-8(2-4-9)13(17)15-18-14(19-20-15)11-7-10(21(23)24)5-6-12(11)22/h1-7,13,22H,17H2,(H,18,19,20)/t13-/m0/s1. The van der Waals surface area contributed by atoms with Crippen molar-refractivity contribution in [3.63, 3.8) is 0 Å². The number of benzene rings is 2. The van der Waals surface area contributed by atoms with Crippen LogP contribution < -0.4 is 5.73 Å². The van der Waals surface area contributed by atoms with Crippen molar-refractivity contribution in [2.45, 2.75) is 6.04 Å². The molecular formula is C15H12FN5O3. The number of aromatic nitrogens is 3. The Morgan fingerprint density at radius 1 is 1.25 bits per heavy atom. The lowest BCUT2D eigenvalue weighted by Crippen LogP contribution is -2.13. The summed E-state index contributed by atoms with van der Waals surface area (Å²) in [7, 11) is 0. The van der Waals surface area contributed by atoms with Gasteiger partial charge in [-0.3, -0.25) is 15.2 Å². The molecule has 122 valence electrons. The first kappa shape index (κ1) is 15.6. The zero-order chi connectivity index (χ0) is 17.3. The SMILES string of the molecule is N[C@@H](c1ccc(F)cc1)c1nc(-c2cc([N+](=O)[O-])ccc2O)n[nH]1. The Kier molecular flexibility index (Phi) is 3.92. The van der Waals surface area contributed by atoms with E-state index in [1.54, 1.807) is 0 Å². The highest BCUT2D eigenvalue weighted by Gasteiger charge is 2.18. The molecule has 1 heterocycles. The van der Waals surface area contributed by atoms with E-state index < -0.39 is 11.0 Å². The Labute approximate surface area is 134 Å². The van der Waals surface area contributed by atoms with Crippen molar-refractivity contribution in [2.24, 2.45) is 5.73 Å². The van der Waals surface area contributed by atoms with E-state index >= 15 is 0 Å².